The third-order valence-electron chi connectivity index (χ3n) is 4.56. The molecule has 1 amide bonds. The highest BCUT2D eigenvalue weighted by molar-refractivity contribution is 5.91. The van der Waals surface area contributed by atoms with Crippen LogP contribution in [0, 0.1) is 6.92 Å². The molecule has 11 heteroatoms. The van der Waals surface area contributed by atoms with Crippen molar-refractivity contribution in [2.45, 2.75) is 45.9 Å². The van der Waals surface area contributed by atoms with E-state index in [9.17, 15) is 18.0 Å². The van der Waals surface area contributed by atoms with E-state index >= 15 is 0 Å². The van der Waals surface area contributed by atoms with E-state index < -0.39 is 23.7 Å². The number of benzene rings is 1. The number of hydrogen-bond donors (Lipinski definition) is 1. The molecular formula is C20H21F3N6O2. The van der Waals surface area contributed by atoms with Crippen molar-refractivity contribution in [2.24, 2.45) is 0 Å². The summed E-state index contributed by atoms with van der Waals surface area (Å²) in [5.74, 6) is -1.10. The van der Waals surface area contributed by atoms with Gasteiger partial charge in [0.1, 0.15) is 11.4 Å². The summed E-state index contributed by atoms with van der Waals surface area (Å²) in [4.78, 5) is 21.5. The zero-order valence-corrected chi connectivity index (χ0v) is 17.4. The molecular weight excluding hydrogens is 413 g/mol. The molecule has 3 heterocycles. The van der Waals surface area contributed by atoms with Crippen LogP contribution >= 0.6 is 0 Å². The maximum Gasteiger partial charge on any atom is 0.453 e. The van der Waals surface area contributed by atoms with Gasteiger partial charge in [0.25, 0.3) is 11.6 Å². The van der Waals surface area contributed by atoms with Crippen molar-refractivity contribution in [2.75, 3.05) is 16.8 Å². The summed E-state index contributed by atoms with van der Waals surface area (Å²) in [6, 6.07) is 6.96. The van der Waals surface area contributed by atoms with Crippen LogP contribution in [-0.4, -0.2) is 37.8 Å². The second-order valence-electron chi connectivity index (χ2n) is 8.28. The van der Waals surface area contributed by atoms with Gasteiger partial charge in [-0.1, -0.05) is 0 Å². The highest BCUT2D eigenvalue weighted by atomic mass is 19.4. The van der Waals surface area contributed by atoms with Crippen LogP contribution in [0.25, 0.3) is 5.78 Å². The first kappa shape index (κ1) is 20.9. The molecule has 3 aromatic rings. The summed E-state index contributed by atoms with van der Waals surface area (Å²) in [5.41, 5.74) is 2.21. The first-order valence-electron chi connectivity index (χ1n) is 9.63. The normalized spacial score (nSPS) is 14.1. The molecule has 0 bridgehead atoms. The van der Waals surface area contributed by atoms with E-state index in [1.165, 1.54) is 0 Å². The number of amides is 1. The largest absolute Gasteiger partial charge is 0.453 e. The van der Waals surface area contributed by atoms with Crippen LogP contribution in [0.4, 0.5) is 35.2 Å². The van der Waals surface area contributed by atoms with Gasteiger partial charge < -0.3 is 10.1 Å². The van der Waals surface area contributed by atoms with Gasteiger partial charge >= 0.3 is 12.3 Å². The number of halogens is 3. The second kappa shape index (κ2) is 7.10. The maximum absolute atomic E-state index is 13.0. The minimum absolute atomic E-state index is 0.146. The Morgan fingerprint density at radius 3 is 2.58 bits per heavy atom. The molecule has 0 unspecified atom stereocenters. The summed E-state index contributed by atoms with van der Waals surface area (Å²) in [7, 11) is 0. The molecule has 0 fully saturated rings. The molecule has 0 atom stereocenters. The molecule has 1 aliphatic rings. The van der Waals surface area contributed by atoms with E-state index in [1.807, 2.05) is 6.07 Å². The second-order valence-corrected chi connectivity index (χ2v) is 8.28. The molecule has 0 saturated heterocycles. The summed E-state index contributed by atoms with van der Waals surface area (Å²) < 4.78 is 45.5. The first-order valence-corrected chi connectivity index (χ1v) is 9.63. The number of alkyl halides is 3. The van der Waals surface area contributed by atoms with E-state index in [0.717, 1.165) is 15.8 Å². The number of aryl methyl sites for hydroxylation is 1. The Morgan fingerprint density at radius 2 is 1.90 bits per heavy atom. The monoisotopic (exact) mass is 434 g/mol. The highest BCUT2D eigenvalue weighted by Gasteiger charge is 2.37. The number of aromatic nitrogens is 4. The fourth-order valence-corrected chi connectivity index (χ4v) is 3.33. The van der Waals surface area contributed by atoms with Crippen LogP contribution in [0.1, 0.15) is 37.9 Å². The van der Waals surface area contributed by atoms with Crippen molar-refractivity contribution < 1.29 is 22.7 Å². The van der Waals surface area contributed by atoms with E-state index in [-0.39, 0.29) is 5.78 Å². The molecule has 2 aromatic heterocycles. The lowest BCUT2D eigenvalue weighted by molar-refractivity contribution is -0.144. The van der Waals surface area contributed by atoms with Gasteiger partial charge in [-0.15, -0.1) is 5.10 Å². The molecule has 8 nitrogen and oxygen atoms in total. The Labute approximate surface area is 176 Å². The van der Waals surface area contributed by atoms with E-state index in [4.69, 9.17) is 4.74 Å². The average molecular weight is 434 g/mol. The summed E-state index contributed by atoms with van der Waals surface area (Å²) in [5, 5.41) is 6.63. The number of nitrogens with one attached hydrogen (secondary N) is 1. The van der Waals surface area contributed by atoms with Crippen molar-refractivity contribution >= 4 is 29.1 Å². The van der Waals surface area contributed by atoms with Crippen LogP contribution in [0.3, 0.4) is 0 Å². The van der Waals surface area contributed by atoms with Gasteiger partial charge in [0.15, 0.2) is 0 Å². The standard InChI is InChI=1S/C20H21F3N6O2/c1-11-9-15(29-17(24-11)26-16(27-29)20(21,22)23)25-13-5-6-14-12(10-13)7-8-28(14)18(30)31-19(2,3)4/h5-6,9-10,25H,7-8H2,1-4H3. The van der Waals surface area contributed by atoms with Gasteiger partial charge in [0, 0.05) is 24.0 Å². The van der Waals surface area contributed by atoms with Gasteiger partial charge in [-0.05, 0) is 57.9 Å². The number of nitrogens with zero attached hydrogens (tertiary/aromatic N) is 5. The fraction of sp³-hybridized carbons (Fsp3) is 0.400. The molecule has 4 rings (SSSR count). The lowest BCUT2D eigenvalue weighted by Crippen LogP contribution is -2.35. The lowest BCUT2D eigenvalue weighted by atomic mass is 10.1. The van der Waals surface area contributed by atoms with Crippen molar-refractivity contribution in [1.82, 2.24) is 19.6 Å². The van der Waals surface area contributed by atoms with Crippen molar-refractivity contribution in [3.63, 3.8) is 0 Å². The number of carbonyl (C=O) groups is 1. The third kappa shape index (κ3) is 4.25. The zero-order chi connectivity index (χ0) is 22.6. The Hall–Kier alpha value is -3.37. The van der Waals surface area contributed by atoms with Crippen LogP contribution in [0.2, 0.25) is 0 Å². The Kier molecular flexibility index (Phi) is 4.78. The molecule has 0 saturated carbocycles. The van der Waals surface area contributed by atoms with Gasteiger partial charge in [-0.3, -0.25) is 4.90 Å². The van der Waals surface area contributed by atoms with E-state index in [0.29, 0.717) is 30.2 Å². The molecule has 1 aliphatic heterocycles. The van der Waals surface area contributed by atoms with Gasteiger partial charge in [-0.25, -0.2) is 9.78 Å². The quantitative estimate of drug-likeness (QED) is 0.640. The average Bonchev–Trinajstić information content (AvgIpc) is 3.23. The predicted molar refractivity (Wildman–Crippen MR) is 108 cm³/mol. The highest BCUT2D eigenvalue weighted by Crippen LogP contribution is 2.33. The topological polar surface area (TPSA) is 84.7 Å². The van der Waals surface area contributed by atoms with Crippen molar-refractivity contribution in [1.29, 1.82) is 0 Å². The number of anilines is 3. The number of hydrogen-bond acceptors (Lipinski definition) is 6. The van der Waals surface area contributed by atoms with Gasteiger partial charge in [-0.2, -0.15) is 22.7 Å². The number of carbonyl (C=O) groups excluding carboxylic acids is 1. The smallest absolute Gasteiger partial charge is 0.443 e. The lowest BCUT2D eigenvalue weighted by Gasteiger charge is -2.24. The number of rotatable bonds is 2. The van der Waals surface area contributed by atoms with Crippen LogP contribution < -0.4 is 10.2 Å². The van der Waals surface area contributed by atoms with E-state index in [2.05, 4.69) is 20.4 Å². The third-order valence-corrected chi connectivity index (χ3v) is 4.56. The molecule has 0 spiro atoms. The number of ether oxygens (including phenoxy) is 1. The van der Waals surface area contributed by atoms with Crippen molar-refractivity contribution in [3.8, 4) is 0 Å². The molecule has 1 aromatic carbocycles. The number of fused-ring (bicyclic) bond motifs is 2. The Morgan fingerprint density at radius 1 is 1.16 bits per heavy atom. The first-order chi connectivity index (χ1) is 14.4. The zero-order valence-electron chi connectivity index (χ0n) is 17.4. The summed E-state index contributed by atoms with van der Waals surface area (Å²) in [6.07, 6.45) is -4.45. The van der Waals surface area contributed by atoms with Gasteiger partial charge in [0.05, 0.1) is 5.69 Å². The summed E-state index contributed by atoms with van der Waals surface area (Å²) >= 11 is 0. The molecule has 0 aliphatic carbocycles. The van der Waals surface area contributed by atoms with Crippen molar-refractivity contribution in [3.05, 3.63) is 41.3 Å². The predicted octanol–water partition coefficient (Wildman–Crippen LogP) is 4.49. The SMILES string of the molecule is Cc1cc(Nc2ccc3c(c2)CCN3C(=O)OC(C)(C)C)n2nc(C(F)(F)F)nc2n1. The minimum Gasteiger partial charge on any atom is -0.443 e. The summed E-state index contributed by atoms with van der Waals surface area (Å²) in [6.45, 7) is 7.57. The van der Waals surface area contributed by atoms with Crippen LogP contribution in [0.5, 0.6) is 0 Å². The Bertz CT molecular complexity index is 1170. The molecule has 164 valence electrons. The maximum atomic E-state index is 13.0. The van der Waals surface area contributed by atoms with E-state index in [1.54, 1.807) is 50.8 Å². The van der Waals surface area contributed by atoms with Gasteiger partial charge in [0.2, 0.25) is 0 Å². The van der Waals surface area contributed by atoms with Crippen LogP contribution in [0.15, 0.2) is 24.3 Å². The fourth-order valence-electron chi connectivity index (χ4n) is 3.33. The minimum atomic E-state index is -4.67. The van der Waals surface area contributed by atoms with Crippen LogP contribution in [-0.2, 0) is 17.3 Å². The molecule has 0 radical (unpaired) electrons. The molecule has 31 heavy (non-hydrogen) atoms. The molecule has 1 N–H and O–H groups in total. The Balaban J connectivity index is 1.62.